The third-order valence-electron chi connectivity index (χ3n) is 3.99. The maximum absolute atomic E-state index is 12.0. The molecule has 0 radical (unpaired) electrons. The minimum Gasteiger partial charge on any atom is -0.497 e. The average molecular weight is 368 g/mol. The molecule has 0 atom stereocenters. The molecular formula is C20H20N2O3S. The molecule has 2 aromatic carbocycles. The Balaban J connectivity index is 1.55. The highest BCUT2D eigenvalue weighted by atomic mass is 32.2. The number of anilines is 1. The molecule has 0 aliphatic carbocycles. The van der Waals surface area contributed by atoms with Crippen LogP contribution in [-0.4, -0.2) is 25.0 Å². The zero-order valence-electron chi connectivity index (χ0n) is 14.9. The summed E-state index contributed by atoms with van der Waals surface area (Å²) in [5.41, 5.74) is 4.33. The van der Waals surface area contributed by atoms with Gasteiger partial charge in [0, 0.05) is 5.69 Å². The van der Waals surface area contributed by atoms with Gasteiger partial charge in [-0.05, 0) is 72.6 Å². The summed E-state index contributed by atoms with van der Waals surface area (Å²) in [4.78, 5) is 16.5. The van der Waals surface area contributed by atoms with Gasteiger partial charge in [-0.2, -0.15) is 4.99 Å². The summed E-state index contributed by atoms with van der Waals surface area (Å²) in [6.45, 7) is 4.38. The lowest BCUT2D eigenvalue weighted by atomic mass is 10.1. The zero-order chi connectivity index (χ0) is 18.5. The van der Waals surface area contributed by atoms with E-state index in [0.717, 1.165) is 17.0 Å². The zero-order valence-corrected chi connectivity index (χ0v) is 15.7. The van der Waals surface area contributed by atoms with E-state index in [4.69, 9.17) is 9.47 Å². The molecule has 2 aromatic rings. The van der Waals surface area contributed by atoms with Gasteiger partial charge in [0.2, 0.25) is 0 Å². The number of hydrogen-bond donors (Lipinski definition) is 1. The summed E-state index contributed by atoms with van der Waals surface area (Å²) in [5, 5.41) is 3.52. The maximum atomic E-state index is 12.0. The minimum atomic E-state index is -0.285. The van der Waals surface area contributed by atoms with Gasteiger partial charge in [0.1, 0.15) is 5.75 Å². The summed E-state index contributed by atoms with van der Waals surface area (Å²) in [7, 11) is 1.62. The first-order chi connectivity index (χ1) is 12.5. The van der Waals surface area contributed by atoms with Crippen LogP contribution in [0.2, 0.25) is 0 Å². The van der Waals surface area contributed by atoms with Crippen LogP contribution in [-0.2, 0) is 9.53 Å². The fourth-order valence-corrected chi connectivity index (χ4v) is 3.10. The van der Waals surface area contributed by atoms with E-state index in [1.807, 2.05) is 30.3 Å². The Morgan fingerprint density at radius 1 is 1.12 bits per heavy atom. The first-order valence-corrected chi connectivity index (χ1v) is 8.97. The standard InChI is InChI=1S/C20H20N2O3S/c1-13-4-7-16(10-14(13)2)21-12-25-20-22-19(23)18(26-20)11-15-5-8-17(24-3)9-6-15/h4-11,21H,12H2,1-3H3. The SMILES string of the molecule is COc1ccc(C=C2SC(OCNc3ccc(C)c(C)c3)=NC2=O)cc1. The average Bonchev–Trinajstić information content (AvgIpc) is 2.98. The Hall–Kier alpha value is -2.73. The second kappa shape index (κ2) is 8.10. The molecule has 0 saturated carbocycles. The normalized spacial score (nSPS) is 15.1. The van der Waals surface area contributed by atoms with Crippen molar-refractivity contribution >= 4 is 34.7 Å². The second-order valence-electron chi connectivity index (χ2n) is 5.83. The van der Waals surface area contributed by atoms with Gasteiger partial charge in [-0.25, -0.2) is 0 Å². The van der Waals surface area contributed by atoms with Crippen LogP contribution in [0.1, 0.15) is 16.7 Å². The van der Waals surface area contributed by atoms with Crippen LogP contribution in [0.5, 0.6) is 5.75 Å². The summed E-state index contributed by atoms with van der Waals surface area (Å²) >= 11 is 1.23. The van der Waals surface area contributed by atoms with E-state index in [9.17, 15) is 4.79 Å². The van der Waals surface area contributed by atoms with Crippen LogP contribution in [0.3, 0.4) is 0 Å². The molecular weight excluding hydrogens is 348 g/mol. The van der Waals surface area contributed by atoms with Gasteiger partial charge in [0.25, 0.3) is 11.1 Å². The van der Waals surface area contributed by atoms with Gasteiger partial charge in [0.05, 0.1) is 12.0 Å². The van der Waals surface area contributed by atoms with Crippen molar-refractivity contribution in [3.05, 3.63) is 64.1 Å². The summed E-state index contributed by atoms with van der Waals surface area (Å²) in [6, 6.07) is 13.6. The van der Waals surface area contributed by atoms with Gasteiger partial charge in [-0.3, -0.25) is 4.79 Å². The fourth-order valence-electron chi connectivity index (χ4n) is 2.34. The molecule has 0 fully saturated rings. The number of carbonyl (C=O) groups is 1. The second-order valence-corrected chi connectivity index (χ2v) is 6.82. The first kappa shape index (κ1) is 18.1. The summed E-state index contributed by atoms with van der Waals surface area (Å²) in [6.07, 6.45) is 1.79. The Labute approximate surface area is 157 Å². The van der Waals surface area contributed by atoms with Crippen LogP contribution in [0.4, 0.5) is 5.69 Å². The number of amides is 1. The predicted molar refractivity (Wildman–Crippen MR) is 106 cm³/mol. The quantitative estimate of drug-likeness (QED) is 0.627. The Morgan fingerprint density at radius 2 is 1.88 bits per heavy atom. The molecule has 0 bridgehead atoms. The molecule has 0 aromatic heterocycles. The molecule has 1 amide bonds. The molecule has 0 saturated heterocycles. The number of aryl methyl sites for hydroxylation is 2. The largest absolute Gasteiger partial charge is 0.497 e. The van der Waals surface area contributed by atoms with E-state index >= 15 is 0 Å². The van der Waals surface area contributed by atoms with Crippen LogP contribution in [0.15, 0.2) is 52.4 Å². The third kappa shape index (κ3) is 4.46. The van der Waals surface area contributed by atoms with Crippen LogP contribution in [0.25, 0.3) is 6.08 Å². The van der Waals surface area contributed by atoms with E-state index < -0.39 is 0 Å². The predicted octanol–water partition coefficient (Wildman–Crippen LogP) is 4.37. The lowest BCUT2D eigenvalue weighted by Gasteiger charge is -2.09. The molecule has 134 valence electrons. The monoisotopic (exact) mass is 368 g/mol. The number of carbonyl (C=O) groups excluding carboxylic acids is 1. The summed E-state index contributed by atoms with van der Waals surface area (Å²) in [5.74, 6) is 0.488. The maximum Gasteiger partial charge on any atom is 0.287 e. The highest BCUT2D eigenvalue weighted by molar-refractivity contribution is 8.18. The van der Waals surface area contributed by atoms with E-state index in [2.05, 4.69) is 36.3 Å². The molecule has 1 aliphatic heterocycles. The number of nitrogens with one attached hydrogen (secondary N) is 1. The van der Waals surface area contributed by atoms with Crippen molar-refractivity contribution in [2.45, 2.75) is 13.8 Å². The molecule has 1 heterocycles. The Morgan fingerprint density at radius 3 is 2.58 bits per heavy atom. The van der Waals surface area contributed by atoms with Crippen LogP contribution in [0, 0.1) is 13.8 Å². The van der Waals surface area contributed by atoms with Crippen molar-refractivity contribution in [2.75, 3.05) is 19.2 Å². The Kier molecular flexibility index (Phi) is 5.63. The van der Waals surface area contributed by atoms with Crippen LogP contribution < -0.4 is 10.1 Å². The minimum absolute atomic E-state index is 0.247. The number of aliphatic imine (C=N–C) groups is 1. The molecule has 1 aliphatic rings. The number of methoxy groups -OCH3 is 1. The van der Waals surface area contributed by atoms with E-state index in [1.165, 1.54) is 22.9 Å². The highest BCUT2D eigenvalue weighted by Crippen LogP contribution is 2.29. The number of rotatable bonds is 5. The molecule has 0 spiro atoms. The third-order valence-corrected chi connectivity index (χ3v) is 4.89. The van der Waals surface area contributed by atoms with Gasteiger partial charge < -0.3 is 14.8 Å². The molecule has 3 rings (SSSR count). The van der Waals surface area contributed by atoms with Crippen molar-refractivity contribution in [3.63, 3.8) is 0 Å². The van der Waals surface area contributed by atoms with Gasteiger partial charge >= 0.3 is 0 Å². The Bertz CT molecular complexity index is 873. The number of benzene rings is 2. The van der Waals surface area contributed by atoms with Crippen molar-refractivity contribution in [1.29, 1.82) is 0 Å². The van der Waals surface area contributed by atoms with Gasteiger partial charge in [-0.15, -0.1) is 0 Å². The smallest absolute Gasteiger partial charge is 0.287 e. The summed E-state index contributed by atoms with van der Waals surface area (Å²) < 4.78 is 10.7. The number of thioether (sulfide) groups is 1. The van der Waals surface area contributed by atoms with Crippen molar-refractivity contribution < 1.29 is 14.3 Å². The topological polar surface area (TPSA) is 59.9 Å². The van der Waals surface area contributed by atoms with Gasteiger partial charge in [0.15, 0.2) is 6.73 Å². The molecule has 26 heavy (non-hydrogen) atoms. The highest BCUT2D eigenvalue weighted by Gasteiger charge is 2.23. The van der Waals surface area contributed by atoms with Crippen molar-refractivity contribution in [2.24, 2.45) is 4.99 Å². The molecule has 1 N–H and O–H groups in total. The van der Waals surface area contributed by atoms with Crippen molar-refractivity contribution in [3.8, 4) is 5.75 Å². The van der Waals surface area contributed by atoms with Gasteiger partial charge in [-0.1, -0.05) is 18.2 Å². The number of hydrogen-bond acceptors (Lipinski definition) is 5. The van der Waals surface area contributed by atoms with Crippen LogP contribution >= 0.6 is 11.8 Å². The lowest BCUT2D eigenvalue weighted by molar-refractivity contribution is -0.113. The molecule has 5 nitrogen and oxygen atoms in total. The number of ether oxygens (including phenoxy) is 2. The van der Waals surface area contributed by atoms with E-state index in [0.29, 0.717) is 10.1 Å². The van der Waals surface area contributed by atoms with E-state index in [1.54, 1.807) is 13.2 Å². The fraction of sp³-hybridized carbons (Fsp3) is 0.200. The molecule has 0 unspecified atom stereocenters. The van der Waals surface area contributed by atoms with E-state index in [-0.39, 0.29) is 12.6 Å². The molecule has 6 heteroatoms. The lowest BCUT2D eigenvalue weighted by Crippen LogP contribution is -2.09. The first-order valence-electron chi connectivity index (χ1n) is 8.16. The van der Waals surface area contributed by atoms with Crippen molar-refractivity contribution in [1.82, 2.24) is 0 Å². The number of nitrogens with zero attached hydrogens (tertiary/aromatic N) is 1.